The van der Waals surface area contributed by atoms with Crippen LogP contribution in [0.15, 0.2) is 41.6 Å². The average Bonchev–Trinajstić information content (AvgIpc) is 3.27. The van der Waals surface area contributed by atoms with Crippen molar-refractivity contribution < 1.29 is 9.47 Å². The highest BCUT2D eigenvalue weighted by atomic mass is 16.5. The fourth-order valence-corrected chi connectivity index (χ4v) is 6.01. The molecule has 2 aliphatic rings. The molecule has 0 aliphatic carbocycles. The minimum absolute atomic E-state index is 0.0458. The average molecular weight is 491 g/mol. The zero-order valence-corrected chi connectivity index (χ0v) is 22.8. The van der Waals surface area contributed by atoms with Gasteiger partial charge in [-0.05, 0) is 79.0 Å². The molecular formula is C29H38N4O3. The van der Waals surface area contributed by atoms with Gasteiger partial charge in [-0.15, -0.1) is 0 Å². The molecule has 7 heteroatoms. The molecule has 0 N–H and O–H groups in total. The summed E-state index contributed by atoms with van der Waals surface area (Å²) < 4.78 is 16.4. The summed E-state index contributed by atoms with van der Waals surface area (Å²) in [4.78, 5) is 12.6. The SMILES string of the molecule is COc1cc2c(cc1-c1cnn(C3CC(C)(C)OC(C)(C)C3)c1)CN(C(C)C)n1cc(C)c(=O)cc1-2. The maximum atomic E-state index is 12.6. The summed E-state index contributed by atoms with van der Waals surface area (Å²) in [5.74, 6) is 0.776. The van der Waals surface area contributed by atoms with E-state index in [0.717, 1.165) is 53.1 Å². The first kappa shape index (κ1) is 24.6. The Morgan fingerprint density at radius 2 is 1.75 bits per heavy atom. The quantitative estimate of drug-likeness (QED) is 0.486. The van der Waals surface area contributed by atoms with Gasteiger partial charge in [0.05, 0.1) is 42.8 Å². The molecule has 1 aromatic carbocycles. The first-order valence-corrected chi connectivity index (χ1v) is 12.8. The van der Waals surface area contributed by atoms with Crippen LogP contribution in [0.3, 0.4) is 0 Å². The minimum Gasteiger partial charge on any atom is -0.496 e. The predicted octanol–water partition coefficient (Wildman–Crippen LogP) is 5.46. The van der Waals surface area contributed by atoms with E-state index >= 15 is 0 Å². The molecule has 1 saturated heterocycles. The van der Waals surface area contributed by atoms with E-state index in [9.17, 15) is 4.79 Å². The first-order valence-electron chi connectivity index (χ1n) is 12.8. The van der Waals surface area contributed by atoms with Crippen LogP contribution < -0.4 is 15.2 Å². The maximum absolute atomic E-state index is 12.6. The lowest BCUT2D eigenvalue weighted by molar-refractivity contribution is -0.170. The molecule has 192 valence electrons. The Labute approximate surface area is 213 Å². The monoisotopic (exact) mass is 490 g/mol. The van der Waals surface area contributed by atoms with Crippen molar-refractivity contribution in [2.24, 2.45) is 0 Å². The van der Waals surface area contributed by atoms with Gasteiger partial charge in [-0.2, -0.15) is 5.10 Å². The van der Waals surface area contributed by atoms with Crippen LogP contribution in [0.1, 0.15) is 71.6 Å². The zero-order valence-electron chi connectivity index (χ0n) is 22.8. The molecule has 0 radical (unpaired) electrons. The second-order valence-corrected chi connectivity index (χ2v) is 11.8. The van der Waals surface area contributed by atoms with E-state index in [1.807, 2.05) is 19.3 Å². The Bertz CT molecular complexity index is 1350. The van der Waals surface area contributed by atoms with Gasteiger partial charge in [-0.25, -0.2) is 0 Å². The summed E-state index contributed by atoms with van der Waals surface area (Å²) >= 11 is 0. The first-order chi connectivity index (χ1) is 16.9. The third-order valence-electron chi connectivity index (χ3n) is 7.42. The molecule has 0 bridgehead atoms. The molecule has 0 amide bonds. The Morgan fingerprint density at radius 1 is 1.06 bits per heavy atom. The molecule has 3 aromatic rings. The molecule has 2 aliphatic heterocycles. The van der Waals surface area contributed by atoms with E-state index in [2.05, 4.69) is 74.2 Å². The lowest BCUT2D eigenvalue weighted by Crippen LogP contribution is -2.45. The summed E-state index contributed by atoms with van der Waals surface area (Å²) in [5.41, 5.74) is 5.52. The molecule has 4 heterocycles. The summed E-state index contributed by atoms with van der Waals surface area (Å²) in [5, 5.41) is 7.07. The number of aryl methyl sites for hydroxylation is 1. The van der Waals surface area contributed by atoms with E-state index in [0.29, 0.717) is 0 Å². The van der Waals surface area contributed by atoms with Crippen molar-refractivity contribution in [1.82, 2.24) is 14.5 Å². The van der Waals surface area contributed by atoms with E-state index in [-0.39, 0.29) is 28.7 Å². The molecule has 2 aromatic heterocycles. The van der Waals surface area contributed by atoms with Crippen LogP contribution in [0.5, 0.6) is 5.75 Å². The van der Waals surface area contributed by atoms with E-state index < -0.39 is 0 Å². The number of nitrogens with zero attached hydrogens (tertiary/aromatic N) is 4. The summed E-state index contributed by atoms with van der Waals surface area (Å²) in [7, 11) is 1.70. The Hall–Kier alpha value is -3.06. The van der Waals surface area contributed by atoms with Gasteiger partial charge in [0.1, 0.15) is 5.75 Å². The number of aromatic nitrogens is 3. The van der Waals surface area contributed by atoms with Gasteiger partial charge in [0, 0.05) is 46.8 Å². The summed E-state index contributed by atoms with van der Waals surface area (Å²) in [6, 6.07) is 6.55. The van der Waals surface area contributed by atoms with Crippen molar-refractivity contribution in [2.75, 3.05) is 12.1 Å². The smallest absolute Gasteiger partial charge is 0.185 e. The zero-order chi connectivity index (χ0) is 26.0. The topological polar surface area (TPSA) is 61.5 Å². The molecular weight excluding hydrogens is 452 g/mol. The number of benzene rings is 1. The van der Waals surface area contributed by atoms with E-state index in [1.165, 1.54) is 5.56 Å². The van der Waals surface area contributed by atoms with Gasteiger partial charge in [-0.3, -0.25) is 14.2 Å². The lowest BCUT2D eigenvalue weighted by atomic mass is 9.85. The molecule has 36 heavy (non-hydrogen) atoms. The van der Waals surface area contributed by atoms with Crippen molar-refractivity contribution in [1.29, 1.82) is 0 Å². The number of fused-ring (bicyclic) bond motifs is 3. The van der Waals surface area contributed by atoms with Gasteiger partial charge < -0.3 is 14.5 Å². The molecule has 0 spiro atoms. The largest absolute Gasteiger partial charge is 0.496 e. The fraction of sp³-hybridized carbons (Fsp3) is 0.517. The predicted molar refractivity (Wildman–Crippen MR) is 143 cm³/mol. The molecule has 0 unspecified atom stereocenters. The number of hydrogen-bond acceptors (Lipinski definition) is 5. The highest BCUT2D eigenvalue weighted by Gasteiger charge is 2.40. The van der Waals surface area contributed by atoms with E-state index in [4.69, 9.17) is 14.6 Å². The standard InChI is InChI=1S/C29H38N4O3/c1-18(2)32-17-20-9-24(27(35-8)10-23(20)25-11-26(34)19(3)15-33(25)32)21-14-30-31(16-21)22-12-28(4,5)36-29(6,7)13-22/h9-11,14-16,18,22H,12-13,17H2,1-8H3. The van der Waals surface area contributed by atoms with Gasteiger partial charge in [0.15, 0.2) is 5.43 Å². The highest BCUT2D eigenvalue weighted by molar-refractivity contribution is 5.78. The normalized spacial score (nSPS) is 18.8. The molecule has 7 nitrogen and oxygen atoms in total. The molecule has 1 fully saturated rings. The summed E-state index contributed by atoms with van der Waals surface area (Å²) in [6.45, 7) is 15.6. The van der Waals surface area contributed by atoms with Crippen LogP contribution in [0.4, 0.5) is 0 Å². The van der Waals surface area contributed by atoms with Crippen LogP contribution >= 0.6 is 0 Å². The van der Waals surface area contributed by atoms with Crippen molar-refractivity contribution in [3.05, 3.63) is 58.1 Å². The Kier molecular flexibility index (Phi) is 5.82. The number of pyridine rings is 1. The molecule has 0 atom stereocenters. The molecule has 0 saturated carbocycles. The summed E-state index contributed by atoms with van der Waals surface area (Å²) in [6.07, 6.45) is 7.84. The number of rotatable bonds is 4. The maximum Gasteiger partial charge on any atom is 0.185 e. The Balaban J connectivity index is 1.58. The second-order valence-electron chi connectivity index (χ2n) is 11.8. The second kappa shape index (κ2) is 8.51. The van der Waals surface area contributed by atoms with Gasteiger partial charge in [0.25, 0.3) is 0 Å². The van der Waals surface area contributed by atoms with E-state index in [1.54, 1.807) is 13.2 Å². The third kappa shape index (κ3) is 4.34. The highest BCUT2D eigenvalue weighted by Crippen LogP contribution is 2.43. The van der Waals surface area contributed by atoms with Crippen LogP contribution in [0, 0.1) is 6.92 Å². The van der Waals surface area contributed by atoms with Crippen LogP contribution in [0.2, 0.25) is 0 Å². The van der Waals surface area contributed by atoms with Crippen molar-refractivity contribution in [3.63, 3.8) is 0 Å². The van der Waals surface area contributed by atoms with Gasteiger partial charge in [-0.1, -0.05) is 0 Å². The van der Waals surface area contributed by atoms with Gasteiger partial charge >= 0.3 is 0 Å². The molecule has 5 rings (SSSR count). The van der Waals surface area contributed by atoms with Crippen molar-refractivity contribution >= 4 is 0 Å². The third-order valence-corrected chi connectivity index (χ3v) is 7.42. The fourth-order valence-electron chi connectivity index (χ4n) is 6.01. The van der Waals surface area contributed by atoms with Crippen LogP contribution in [-0.4, -0.2) is 38.8 Å². The number of methoxy groups -OCH3 is 1. The van der Waals surface area contributed by atoms with Crippen LogP contribution in [-0.2, 0) is 11.3 Å². The number of hydrogen-bond donors (Lipinski definition) is 0. The van der Waals surface area contributed by atoms with Crippen molar-refractivity contribution in [3.8, 4) is 28.1 Å². The lowest BCUT2D eigenvalue weighted by Gasteiger charge is -2.45. The van der Waals surface area contributed by atoms with Crippen LogP contribution in [0.25, 0.3) is 22.4 Å². The van der Waals surface area contributed by atoms with Gasteiger partial charge in [0.2, 0.25) is 0 Å². The van der Waals surface area contributed by atoms with Crippen molar-refractivity contribution in [2.45, 2.75) is 91.1 Å². The minimum atomic E-state index is -0.202. The number of ether oxygens (including phenoxy) is 2. The Morgan fingerprint density at radius 3 is 2.39 bits per heavy atom.